The first-order valence-electron chi connectivity index (χ1n) is 7.63. The molecule has 0 aliphatic carbocycles. The lowest BCUT2D eigenvalue weighted by Crippen LogP contribution is -2.49. The Hall–Kier alpha value is -2.15. The van der Waals surface area contributed by atoms with E-state index < -0.39 is 5.60 Å². The molecule has 0 aromatic heterocycles. The highest BCUT2D eigenvalue weighted by Crippen LogP contribution is 2.25. The van der Waals surface area contributed by atoms with Crippen LogP contribution in [-0.2, 0) is 4.74 Å². The summed E-state index contributed by atoms with van der Waals surface area (Å²) in [5, 5.41) is 14.4. The van der Waals surface area contributed by atoms with Crippen LogP contribution in [0, 0.1) is 17.0 Å². The van der Waals surface area contributed by atoms with Crippen molar-refractivity contribution in [2.75, 3.05) is 19.6 Å². The number of carbonyl (C=O) groups excluding carboxylic acids is 1. The summed E-state index contributed by atoms with van der Waals surface area (Å²) in [6.45, 7) is 8.79. The molecule has 1 unspecified atom stereocenters. The molecule has 126 valence electrons. The third-order valence-corrected chi connectivity index (χ3v) is 3.66. The maximum absolute atomic E-state index is 12.2. The Morgan fingerprint density at radius 3 is 2.74 bits per heavy atom. The van der Waals surface area contributed by atoms with Crippen LogP contribution in [0.25, 0.3) is 0 Å². The molecule has 0 bridgehead atoms. The van der Waals surface area contributed by atoms with Gasteiger partial charge < -0.3 is 15.0 Å². The van der Waals surface area contributed by atoms with Gasteiger partial charge in [0.1, 0.15) is 5.60 Å². The Labute approximate surface area is 135 Å². The van der Waals surface area contributed by atoms with Gasteiger partial charge in [-0.05, 0) is 33.3 Å². The number of hydrogen-bond donors (Lipinski definition) is 1. The molecular formula is C16H23N3O4. The molecule has 2 rings (SSSR count). The van der Waals surface area contributed by atoms with Crippen LogP contribution < -0.4 is 5.32 Å². The molecule has 1 aromatic carbocycles. The second kappa shape index (κ2) is 6.54. The van der Waals surface area contributed by atoms with Crippen molar-refractivity contribution in [3.8, 4) is 0 Å². The van der Waals surface area contributed by atoms with Crippen LogP contribution in [0.4, 0.5) is 10.5 Å². The van der Waals surface area contributed by atoms with E-state index in [9.17, 15) is 14.9 Å². The van der Waals surface area contributed by atoms with E-state index >= 15 is 0 Å². The van der Waals surface area contributed by atoms with E-state index in [4.69, 9.17) is 4.74 Å². The summed E-state index contributed by atoms with van der Waals surface area (Å²) in [7, 11) is 0. The molecule has 1 amide bonds. The topological polar surface area (TPSA) is 84.7 Å². The minimum atomic E-state index is -0.542. The highest BCUT2D eigenvalue weighted by molar-refractivity contribution is 5.68. The molecular weight excluding hydrogens is 298 g/mol. The fraction of sp³-hybridized carbons (Fsp3) is 0.562. The van der Waals surface area contributed by atoms with Gasteiger partial charge in [-0.2, -0.15) is 0 Å². The second-order valence-electron chi connectivity index (χ2n) is 6.74. The number of nitrogens with zero attached hydrogens (tertiary/aromatic N) is 2. The predicted molar refractivity (Wildman–Crippen MR) is 86.4 cm³/mol. The molecule has 0 spiro atoms. The summed E-state index contributed by atoms with van der Waals surface area (Å²) in [5.74, 6) is 0. The van der Waals surface area contributed by atoms with E-state index in [2.05, 4.69) is 5.32 Å². The molecule has 0 radical (unpaired) electrons. The van der Waals surface area contributed by atoms with E-state index in [0.717, 1.165) is 5.56 Å². The standard InChI is InChI=1S/C16H23N3O4/c1-11-5-6-12(9-14(11)19(21)22)13-10-18(8-7-17-13)15(20)23-16(2,3)4/h5-6,9,13,17H,7-8,10H2,1-4H3. The van der Waals surface area contributed by atoms with E-state index in [1.165, 1.54) is 0 Å². The number of hydrogen-bond acceptors (Lipinski definition) is 5. The van der Waals surface area contributed by atoms with Crippen LogP contribution in [-0.4, -0.2) is 41.2 Å². The van der Waals surface area contributed by atoms with Gasteiger partial charge in [0.2, 0.25) is 0 Å². The van der Waals surface area contributed by atoms with Gasteiger partial charge in [0.25, 0.3) is 5.69 Å². The van der Waals surface area contributed by atoms with Crippen molar-refractivity contribution in [2.24, 2.45) is 0 Å². The summed E-state index contributed by atoms with van der Waals surface area (Å²) < 4.78 is 5.39. The lowest BCUT2D eigenvalue weighted by atomic mass is 10.0. The predicted octanol–water partition coefficient (Wildman–Crippen LogP) is 2.78. The van der Waals surface area contributed by atoms with Gasteiger partial charge in [0.15, 0.2) is 0 Å². The van der Waals surface area contributed by atoms with Gasteiger partial charge in [-0.25, -0.2) is 4.79 Å². The molecule has 1 aliphatic rings. The monoisotopic (exact) mass is 321 g/mol. The molecule has 1 fully saturated rings. The summed E-state index contributed by atoms with van der Waals surface area (Å²) in [5.41, 5.74) is 0.980. The normalized spacial score (nSPS) is 18.6. The van der Waals surface area contributed by atoms with Crippen LogP contribution in [0.2, 0.25) is 0 Å². The molecule has 1 aliphatic heterocycles. The number of nitro groups is 1. The summed E-state index contributed by atoms with van der Waals surface area (Å²) in [6.07, 6.45) is -0.356. The van der Waals surface area contributed by atoms with Gasteiger partial charge in [-0.15, -0.1) is 0 Å². The smallest absolute Gasteiger partial charge is 0.410 e. The Kier molecular flexibility index (Phi) is 4.89. The molecule has 1 aromatic rings. The van der Waals surface area contributed by atoms with Crippen molar-refractivity contribution in [3.63, 3.8) is 0 Å². The Balaban J connectivity index is 2.14. The fourth-order valence-corrected chi connectivity index (χ4v) is 2.51. The Bertz CT molecular complexity index is 610. The van der Waals surface area contributed by atoms with Gasteiger partial charge in [-0.1, -0.05) is 12.1 Å². The van der Waals surface area contributed by atoms with Crippen molar-refractivity contribution in [3.05, 3.63) is 39.4 Å². The van der Waals surface area contributed by atoms with E-state index in [0.29, 0.717) is 25.2 Å². The second-order valence-corrected chi connectivity index (χ2v) is 6.74. The first-order valence-corrected chi connectivity index (χ1v) is 7.63. The maximum atomic E-state index is 12.2. The first kappa shape index (κ1) is 17.2. The maximum Gasteiger partial charge on any atom is 0.410 e. The zero-order valence-corrected chi connectivity index (χ0v) is 14.0. The van der Waals surface area contributed by atoms with Crippen LogP contribution in [0.5, 0.6) is 0 Å². The average molecular weight is 321 g/mol. The number of piperazine rings is 1. The zero-order chi connectivity index (χ0) is 17.2. The van der Waals surface area contributed by atoms with E-state index in [1.54, 1.807) is 24.0 Å². The van der Waals surface area contributed by atoms with Crippen molar-refractivity contribution in [2.45, 2.75) is 39.3 Å². The summed E-state index contributed by atoms with van der Waals surface area (Å²) in [6, 6.07) is 5.03. The molecule has 1 N–H and O–H groups in total. The SMILES string of the molecule is Cc1ccc(C2CN(C(=O)OC(C)(C)C)CCN2)cc1[N+](=O)[O-]. The molecule has 1 heterocycles. The summed E-state index contributed by atoms with van der Waals surface area (Å²) in [4.78, 5) is 24.5. The van der Waals surface area contributed by atoms with E-state index in [1.807, 2.05) is 26.8 Å². The number of rotatable bonds is 2. The van der Waals surface area contributed by atoms with Crippen LogP contribution in [0.1, 0.15) is 37.9 Å². The van der Waals surface area contributed by atoms with Crippen molar-refractivity contribution >= 4 is 11.8 Å². The summed E-state index contributed by atoms with van der Waals surface area (Å²) >= 11 is 0. The Morgan fingerprint density at radius 1 is 1.43 bits per heavy atom. The number of ether oxygens (including phenoxy) is 1. The van der Waals surface area contributed by atoms with Crippen molar-refractivity contribution in [1.82, 2.24) is 10.2 Å². The minimum absolute atomic E-state index is 0.0960. The highest BCUT2D eigenvalue weighted by atomic mass is 16.6. The number of benzene rings is 1. The third-order valence-electron chi connectivity index (χ3n) is 3.66. The van der Waals surface area contributed by atoms with Gasteiger partial charge in [-0.3, -0.25) is 10.1 Å². The van der Waals surface area contributed by atoms with Crippen molar-refractivity contribution in [1.29, 1.82) is 0 Å². The van der Waals surface area contributed by atoms with Gasteiger partial charge in [0.05, 0.1) is 11.0 Å². The molecule has 0 saturated carbocycles. The molecule has 23 heavy (non-hydrogen) atoms. The zero-order valence-electron chi connectivity index (χ0n) is 14.0. The molecule has 1 atom stereocenters. The molecule has 1 saturated heterocycles. The molecule has 7 nitrogen and oxygen atoms in total. The minimum Gasteiger partial charge on any atom is -0.444 e. The third kappa shape index (κ3) is 4.41. The van der Waals surface area contributed by atoms with Crippen LogP contribution >= 0.6 is 0 Å². The first-order chi connectivity index (χ1) is 10.7. The van der Waals surface area contributed by atoms with Crippen LogP contribution in [0.15, 0.2) is 18.2 Å². The number of aryl methyl sites for hydroxylation is 1. The quantitative estimate of drug-likeness (QED) is 0.669. The highest BCUT2D eigenvalue weighted by Gasteiger charge is 2.28. The Morgan fingerprint density at radius 2 is 2.13 bits per heavy atom. The van der Waals surface area contributed by atoms with Crippen molar-refractivity contribution < 1.29 is 14.5 Å². The fourth-order valence-electron chi connectivity index (χ4n) is 2.51. The molecule has 7 heteroatoms. The van der Waals surface area contributed by atoms with Crippen LogP contribution in [0.3, 0.4) is 0 Å². The number of carbonyl (C=O) groups is 1. The largest absolute Gasteiger partial charge is 0.444 e. The van der Waals surface area contributed by atoms with E-state index in [-0.39, 0.29) is 22.7 Å². The number of amides is 1. The van der Waals surface area contributed by atoms with Gasteiger partial charge in [0, 0.05) is 31.3 Å². The lowest BCUT2D eigenvalue weighted by Gasteiger charge is -2.35. The van der Waals surface area contributed by atoms with Gasteiger partial charge >= 0.3 is 6.09 Å². The number of nitrogens with one attached hydrogen (secondary N) is 1. The lowest BCUT2D eigenvalue weighted by molar-refractivity contribution is -0.385. The average Bonchev–Trinajstić information content (AvgIpc) is 2.46. The number of nitro benzene ring substituents is 1.